The molecule has 0 aliphatic carbocycles. The van der Waals surface area contributed by atoms with E-state index in [1.54, 1.807) is 24.1 Å². The van der Waals surface area contributed by atoms with Gasteiger partial charge in [0.25, 0.3) is 11.8 Å². The summed E-state index contributed by atoms with van der Waals surface area (Å²) >= 11 is 0. The smallest absolute Gasteiger partial charge is 0.272 e. The molecule has 0 N–H and O–H groups in total. The van der Waals surface area contributed by atoms with E-state index in [1.807, 2.05) is 17.9 Å². The zero-order chi connectivity index (χ0) is 19.2. The van der Waals surface area contributed by atoms with E-state index in [1.165, 1.54) is 10.9 Å². The van der Waals surface area contributed by atoms with Crippen molar-refractivity contribution in [3.05, 3.63) is 35.8 Å². The Hall–Kier alpha value is -2.58. The van der Waals surface area contributed by atoms with E-state index >= 15 is 0 Å². The number of piperidine rings is 1. The quantitative estimate of drug-likeness (QED) is 0.801. The Labute approximate surface area is 156 Å². The minimum atomic E-state index is -2.83. The van der Waals surface area contributed by atoms with Crippen molar-refractivity contribution in [1.29, 1.82) is 0 Å². The van der Waals surface area contributed by atoms with E-state index in [0.717, 1.165) is 5.69 Å². The summed E-state index contributed by atoms with van der Waals surface area (Å²) in [6.07, 6.45) is 1.52. The Morgan fingerprint density at radius 1 is 1.11 bits per heavy atom. The highest BCUT2D eigenvalue weighted by atomic mass is 19.3. The van der Waals surface area contributed by atoms with Crippen LogP contribution in [0.25, 0.3) is 0 Å². The summed E-state index contributed by atoms with van der Waals surface area (Å²) in [5.41, 5.74) is -0.0790. The Morgan fingerprint density at radius 2 is 1.93 bits per heavy atom. The number of likely N-dealkylation sites (tertiary alicyclic amines) is 1. The number of amides is 1. The molecule has 2 aromatic rings. The number of hydrogen-bond donors (Lipinski definition) is 0. The molecule has 2 aliphatic rings. The summed E-state index contributed by atoms with van der Waals surface area (Å²) in [6, 6.07) is 5.25. The van der Waals surface area contributed by atoms with Gasteiger partial charge in [-0.25, -0.2) is 8.78 Å². The lowest BCUT2D eigenvalue weighted by Gasteiger charge is -2.45. The zero-order valence-corrected chi connectivity index (χ0v) is 15.4. The third-order valence-electron chi connectivity index (χ3n) is 5.75. The molecular formula is C18H22F2N6O. The van der Waals surface area contributed by atoms with Crippen LogP contribution in [0.2, 0.25) is 0 Å². The molecule has 1 spiro atoms. The molecule has 2 aromatic heterocycles. The molecule has 0 radical (unpaired) electrons. The number of carbonyl (C=O) groups excluding carboxylic acids is 1. The lowest BCUT2D eigenvalue weighted by Crippen LogP contribution is -2.58. The fourth-order valence-electron chi connectivity index (χ4n) is 4.08. The summed E-state index contributed by atoms with van der Waals surface area (Å²) < 4.78 is 31.4. The van der Waals surface area contributed by atoms with E-state index in [4.69, 9.17) is 0 Å². The first-order valence-electron chi connectivity index (χ1n) is 9.02. The van der Waals surface area contributed by atoms with Gasteiger partial charge in [-0.05, 0) is 31.5 Å². The lowest BCUT2D eigenvalue weighted by molar-refractivity contribution is -0.150. The first-order valence-corrected chi connectivity index (χ1v) is 9.02. The maximum Gasteiger partial charge on any atom is 0.272 e. The van der Waals surface area contributed by atoms with Crippen LogP contribution < -0.4 is 4.90 Å². The number of anilines is 1. The Morgan fingerprint density at radius 3 is 2.59 bits per heavy atom. The van der Waals surface area contributed by atoms with Crippen LogP contribution in [-0.4, -0.2) is 62.9 Å². The molecule has 144 valence electrons. The number of rotatable bonds is 2. The molecule has 0 aromatic carbocycles. The third kappa shape index (κ3) is 2.94. The van der Waals surface area contributed by atoms with E-state index in [0.29, 0.717) is 24.5 Å². The van der Waals surface area contributed by atoms with Gasteiger partial charge in [0.05, 0.1) is 11.1 Å². The molecule has 2 fully saturated rings. The molecule has 0 saturated carbocycles. The predicted octanol–water partition coefficient (Wildman–Crippen LogP) is 1.90. The van der Waals surface area contributed by atoms with Gasteiger partial charge in [0.15, 0.2) is 5.82 Å². The molecule has 0 bridgehead atoms. The normalized spacial score (nSPS) is 24.6. The van der Waals surface area contributed by atoms with Crippen molar-refractivity contribution in [3.63, 3.8) is 0 Å². The molecule has 1 atom stereocenters. The van der Waals surface area contributed by atoms with E-state index < -0.39 is 11.3 Å². The van der Waals surface area contributed by atoms with Crippen molar-refractivity contribution in [2.75, 3.05) is 31.1 Å². The van der Waals surface area contributed by atoms with Crippen LogP contribution in [0, 0.1) is 12.3 Å². The highest BCUT2D eigenvalue weighted by Gasteiger charge is 2.60. The molecule has 4 rings (SSSR count). The van der Waals surface area contributed by atoms with Crippen molar-refractivity contribution in [1.82, 2.24) is 24.9 Å². The molecule has 27 heavy (non-hydrogen) atoms. The Balaban J connectivity index is 1.57. The topological polar surface area (TPSA) is 67.2 Å². The number of carbonyl (C=O) groups is 1. The molecular weight excluding hydrogens is 354 g/mol. The first-order chi connectivity index (χ1) is 12.8. The van der Waals surface area contributed by atoms with Gasteiger partial charge in [0.2, 0.25) is 0 Å². The minimum Gasteiger partial charge on any atom is -0.354 e. The van der Waals surface area contributed by atoms with E-state index in [9.17, 15) is 13.6 Å². The number of alkyl halides is 2. The zero-order valence-electron chi connectivity index (χ0n) is 15.4. The second-order valence-corrected chi connectivity index (χ2v) is 7.51. The number of hydrogen-bond acceptors (Lipinski definition) is 5. The minimum absolute atomic E-state index is 0.0276. The van der Waals surface area contributed by atoms with Crippen LogP contribution >= 0.6 is 0 Å². The second kappa shape index (κ2) is 6.24. The molecule has 4 heterocycles. The SMILES string of the molecule is Cc1ccc(N2CC[C@@]3(CN(C(=O)c4ccnn4C)CCC3(F)F)C2)nn1. The maximum absolute atomic E-state index is 15.0. The molecule has 9 heteroatoms. The Bertz CT molecular complexity index is 852. The van der Waals surface area contributed by atoms with Crippen molar-refractivity contribution >= 4 is 11.7 Å². The lowest BCUT2D eigenvalue weighted by atomic mass is 9.75. The maximum atomic E-state index is 15.0. The number of nitrogens with zero attached hydrogens (tertiary/aromatic N) is 6. The molecule has 1 amide bonds. The van der Waals surface area contributed by atoms with Crippen molar-refractivity contribution in [2.24, 2.45) is 12.5 Å². The number of aromatic nitrogens is 4. The largest absolute Gasteiger partial charge is 0.354 e. The van der Waals surface area contributed by atoms with Crippen molar-refractivity contribution < 1.29 is 13.6 Å². The van der Waals surface area contributed by atoms with Crippen LogP contribution in [0.4, 0.5) is 14.6 Å². The summed E-state index contributed by atoms with van der Waals surface area (Å²) in [6.45, 7) is 2.54. The third-order valence-corrected chi connectivity index (χ3v) is 5.75. The Kier molecular flexibility index (Phi) is 4.12. The highest BCUT2D eigenvalue weighted by molar-refractivity contribution is 5.92. The van der Waals surface area contributed by atoms with Crippen LogP contribution in [0.3, 0.4) is 0 Å². The van der Waals surface area contributed by atoms with Gasteiger partial charge < -0.3 is 9.80 Å². The summed E-state index contributed by atoms with van der Waals surface area (Å²) in [5.74, 6) is -2.48. The van der Waals surface area contributed by atoms with Crippen LogP contribution in [0.5, 0.6) is 0 Å². The van der Waals surface area contributed by atoms with Gasteiger partial charge in [-0.15, -0.1) is 5.10 Å². The highest BCUT2D eigenvalue weighted by Crippen LogP contribution is 2.50. The number of aryl methyl sites for hydroxylation is 2. The second-order valence-electron chi connectivity index (χ2n) is 7.51. The van der Waals surface area contributed by atoms with Gasteiger partial charge >= 0.3 is 0 Å². The van der Waals surface area contributed by atoms with Gasteiger partial charge in [-0.3, -0.25) is 9.48 Å². The van der Waals surface area contributed by atoms with Gasteiger partial charge in [0, 0.05) is 45.8 Å². The standard InChI is InChI=1S/C18H22F2N6O/c1-13-3-4-15(23-22-13)25-9-6-17(11-25)12-26(10-7-18(17,19)20)16(27)14-5-8-21-24(14)2/h3-5,8H,6-7,9-12H2,1-2H3/t17-/m0/s1. The monoisotopic (exact) mass is 376 g/mol. The molecule has 0 unspecified atom stereocenters. The van der Waals surface area contributed by atoms with Crippen molar-refractivity contribution in [3.8, 4) is 0 Å². The van der Waals surface area contributed by atoms with Gasteiger partial charge in [-0.2, -0.15) is 10.2 Å². The van der Waals surface area contributed by atoms with Crippen LogP contribution in [0.1, 0.15) is 29.0 Å². The summed E-state index contributed by atoms with van der Waals surface area (Å²) in [7, 11) is 1.68. The van der Waals surface area contributed by atoms with E-state index in [-0.39, 0.29) is 32.0 Å². The van der Waals surface area contributed by atoms with Crippen molar-refractivity contribution in [2.45, 2.75) is 25.7 Å². The average molecular weight is 376 g/mol. The molecule has 2 aliphatic heterocycles. The summed E-state index contributed by atoms with van der Waals surface area (Å²) in [4.78, 5) is 16.2. The van der Waals surface area contributed by atoms with Gasteiger partial charge in [-0.1, -0.05) is 0 Å². The fraction of sp³-hybridized carbons (Fsp3) is 0.556. The number of halogens is 2. The summed E-state index contributed by atoms with van der Waals surface area (Å²) in [5, 5.41) is 12.2. The average Bonchev–Trinajstić information content (AvgIpc) is 3.25. The van der Waals surface area contributed by atoms with E-state index in [2.05, 4.69) is 15.3 Å². The molecule has 2 saturated heterocycles. The molecule has 7 nitrogen and oxygen atoms in total. The fourth-order valence-corrected chi connectivity index (χ4v) is 4.08. The van der Waals surface area contributed by atoms with Crippen LogP contribution in [0.15, 0.2) is 24.4 Å². The van der Waals surface area contributed by atoms with Crippen LogP contribution in [-0.2, 0) is 7.05 Å². The predicted molar refractivity (Wildman–Crippen MR) is 94.7 cm³/mol. The first kappa shape index (κ1) is 17.8. The van der Waals surface area contributed by atoms with Gasteiger partial charge in [0.1, 0.15) is 5.69 Å².